The summed E-state index contributed by atoms with van der Waals surface area (Å²) < 4.78 is 5.43. The molecule has 0 fully saturated rings. The van der Waals surface area contributed by atoms with Crippen LogP contribution in [0.5, 0.6) is 0 Å². The van der Waals surface area contributed by atoms with Gasteiger partial charge in [0.05, 0.1) is 0 Å². The summed E-state index contributed by atoms with van der Waals surface area (Å²) in [6, 6.07) is 0. The molecule has 0 amide bonds. The maximum absolute atomic E-state index is 5.43. The van der Waals surface area contributed by atoms with E-state index in [2.05, 4.69) is 23.8 Å². The highest BCUT2D eigenvalue weighted by molar-refractivity contribution is 4.74. The molecule has 0 saturated heterocycles. The lowest BCUT2D eigenvalue weighted by molar-refractivity contribution is 0.0418. The van der Waals surface area contributed by atoms with E-state index >= 15 is 0 Å². The zero-order valence-corrected chi connectivity index (χ0v) is 8.38. The van der Waals surface area contributed by atoms with Crippen molar-refractivity contribution in [2.45, 2.75) is 13.2 Å². The largest absolute Gasteiger partial charge is 0.362 e. The van der Waals surface area contributed by atoms with E-state index in [1.54, 1.807) is 0 Å². The molecule has 13 heavy (non-hydrogen) atoms. The minimum atomic E-state index is 0.0583. The first kappa shape index (κ1) is 12.4. The molecular formula is C10H20N2O. The highest BCUT2D eigenvalue weighted by Gasteiger charge is 2.03. The molecule has 76 valence electrons. The molecule has 0 heterocycles. The van der Waals surface area contributed by atoms with Crippen LogP contribution in [0.3, 0.4) is 0 Å². The molecule has 0 aromatic carbocycles. The first-order chi connectivity index (χ1) is 6.35. The summed E-state index contributed by atoms with van der Waals surface area (Å²) in [5.74, 6) is 0. The van der Waals surface area contributed by atoms with Crippen LogP contribution < -0.4 is 10.6 Å². The summed E-state index contributed by atoms with van der Waals surface area (Å²) in [6.07, 6.45) is 3.71. The van der Waals surface area contributed by atoms with Crippen LogP contribution in [-0.4, -0.2) is 32.5 Å². The number of ether oxygens (including phenoxy) is 1. The van der Waals surface area contributed by atoms with Gasteiger partial charge in [-0.25, -0.2) is 0 Å². The Kier molecular flexibility index (Phi) is 8.98. The third kappa shape index (κ3) is 7.71. The maximum atomic E-state index is 5.43. The lowest BCUT2D eigenvalue weighted by Gasteiger charge is -2.17. The van der Waals surface area contributed by atoms with Crippen molar-refractivity contribution >= 4 is 0 Å². The van der Waals surface area contributed by atoms with E-state index in [-0.39, 0.29) is 6.23 Å². The molecule has 0 aromatic heterocycles. The van der Waals surface area contributed by atoms with Gasteiger partial charge in [0.25, 0.3) is 0 Å². The Morgan fingerprint density at radius 1 is 1.31 bits per heavy atom. The normalized spacial score (nSPS) is 12.4. The van der Waals surface area contributed by atoms with Gasteiger partial charge in [0.2, 0.25) is 0 Å². The van der Waals surface area contributed by atoms with Crippen molar-refractivity contribution in [1.82, 2.24) is 10.6 Å². The summed E-state index contributed by atoms with van der Waals surface area (Å²) in [5.41, 5.74) is 0. The Morgan fingerprint density at radius 2 is 2.00 bits per heavy atom. The molecule has 3 nitrogen and oxygen atoms in total. The predicted molar refractivity (Wildman–Crippen MR) is 56.7 cm³/mol. The minimum Gasteiger partial charge on any atom is -0.362 e. The number of hydrogen-bond acceptors (Lipinski definition) is 3. The van der Waals surface area contributed by atoms with Crippen molar-refractivity contribution in [2.75, 3.05) is 26.2 Å². The quantitative estimate of drug-likeness (QED) is 0.317. The van der Waals surface area contributed by atoms with Crippen molar-refractivity contribution in [3.8, 4) is 0 Å². The van der Waals surface area contributed by atoms with E-state index in [0.717, 1.165) is 19.6 Å². The van der Waals surface area contributed by atoms with E-state index in [4.69, 9.17) is 4.74 Å². The van der Waals surface area contributed by atoms with Gasteiger partial charge >= 0.3 is 0 Å². The molecule has 1 atom stereocenters. The van der Waals surface area contributed by atoms with E-state index < -0.39 is 0 Å². The van der Waals surface area contributed by atoms with Gasteiger partial charge in [0.15, 0.2) is 0 Å². The second-order valence-electron chi connectivity index (χ2n) is 2.59. The summed E-state index contributed by atoms with van der Waals surface area (Å²) in [5, 5.41) is 6.38. The summed E-state index contributed by atoms with van der Waals surface area (Å²) in [7, 11) is 0. The van der Waals surface area contributed by atoms with E-state index in [1.165, 1.54) is 0 Å². The fourth-order valence-electron chi connectivity index (χ4n) is 0.922. The SMILES string of the molecule is C=CCNCC(NCC=C)OCC. The molecule has 3 heteroatoms. The molecule has 0 spiro atoms. The first-order valence-electron chi connectivity index (χ1n) is 4.62. The minimum absolute atomic E-state index is 0.0583. The number of hydrogen-bond donors (Lipinski definition) is 2. The topological polar surface area (TPSA) is 33.3 Å². The Morgan fingerprint density at radius 3 is 2.54 bits per heavy atom. The average Bonchev–Trinajstić information content (AvgIpc) is 2.14. The first-order valence-corrected chi connectivity index (χ1v) is 4.62. The van der Waals surface area contributed by atoms with Gasteiger partial charge in [-0.15, -0.1) is 13.2 Å². The van der Waals surface area contributed by atoms with Crippen LogP contribution in [0.2, 0.25) is 0 Å². The molecule has 0 rings (SSSR count). The van der Waals surface area contributed by atoms with Crippen LogP contribution in [-0.2, 0) is 4.74 Å². The fourth-order valence-corrected chi connectivity index (χ4v) is 0.922. The van der Waals surface area contributed by atoms with Gasteiger partial charge in [0.1, 0.15) is 6.23 Å². The van der Waals surface area contributed by atoms with Gasteiger partial charge < -0.3 is 10.1 Å². The summed E-state index contributed by atoms with van der Waals surface area (Å²) in [4.78, 5) is 0. The van der Waals surface area contributed by atoms with Gasteiger partial charge in [-0.05, 0) is 6.92 Å². The molecule has 0 aliphatic carbocycles. The van der Waals surface area contributed by atoms with E-state index in [9.17, 15) is 0 Å². The standard InChI is InChI=1S/C10H20N2O/c1-4-7-11-9-10(13-6-3)12-8-5-2/h4-5,10-12H,1-2,6-9H2,3H3. The highest BCUT2D eigenvalue weighted by Crippen LogP contribution is 1.85. The average molecular weight is 184 g/mol. The molecule has 0 aliphatic heterocycles. The van der Waals surface area contributed by atoms with Gasteiger partial charge in [-0.2, -0.15) is 0 Å². The number of rotatable bonds is 9. The Hall–Kier alpha value is -0.640. The molecule has 0 bridgehead atoms. The maximum Gasteiger partial charge on any atom is 0.120 e. The van der Waals surface area contributed by atoms with Crippen LogP contribution in [0.15, 0.2) is 25.3 Å². The lowest BCUT2D eigenvalue weighted by atomic mass is 10.4. The Bertz CT molecular complexity index is 137. The highest BCUT2D eigenvalue weighted by atomic mass is 16.5. The van der Waals surface area contributed by atoms with E-state index in [0.29, 0.717) is 6.61 Å². The summed E-state index contributed by atoms with van der Waals surface area (Å²) >= 11 is 0. The molecule has 0 aliphatic rings. The van der Waals surface area contributed by atoms with Crippen molar-refractivity contribution < 1.29 is 4.74 Å². The second kappa shape index (κ2) is 9.45. The fraction of sp³-hybridized carbons (Fsp3) is 0.600. The lowest BCUT2D eigenvalue weighted by Crippen LogP contribution is -2.40. The Balaban J connectivity index is 3.52. The Labute approximate surface area is 80.9 Å². The van der Waals surface area contributed by atoms with Crippen molar-refractivity contribution in [3.63, 3.8) is 0 Å². The molecule has 0 aromatic rings. The van der Waals surface area contributed by atoms with Crippen molar-refractivity contribution in [3.05, 3.63) is 25.3 Å². The van der Waals surface area contributed by atoms with Gasteiger partial charge in [-0.1, -0.05) is 12.2 Å². The number of nitrogens with one attached hydrogen (secondary N) is 2. The zero-order valence-electron chi connectivity index (χ0n) is 8.38. The second-order valence-corrected chi connectivity index (χ2v) is 2.59. The molecule has 1 unspecified atom stereocenters. The molecule has 0 saturated carbocycles. The van der Waals surface area contributed by atoms with Gasteiger partial charge in [-0.3, -0.25) is 5.32 Å². The smallest absolute Gasteiger partial charge is 0.120 e. The predicted octanol–water partition coefficient (Wildman–Crippen LogP) is 0.900. The molecule has 2 N–H and O–H groups in total. The van der Waals surface area contributed by atoms with Crippen LogP contribution in [0, 0.1) is 0 Å². The van der Waals surface area contributed by atoms with Crippen LogP contribution >= 0.6 is 0 Å². The summed E-state index contributed by atoms with van der Waals surface area (Å²) in [6.45, 7) is 12.3. The van der Waals surface area contributed by atoms with Crippen LogP contribution in [0.1, 0.15) is 6.92 Å². The van der Waals surface area contributed by atoms with Gasteiger partial charge in [0, 0.05) is 26.2 Å². The van der Waals surface area contributed by atoms with Crippen molar-refractivity contribution in [1.29, 1.82) is 0 Å². The molecular weight excluding hydrogens is 164 g/mol. The van der Waals surface area contributed by atoms with E-state index in [1.807, 2.05) is 19.1 Å². The molecule has 0 radical (unpaired) electrons. The van der Waals surface area contributed by atoms with Crippen molar-refractivity contribution in [2.24, 2.45) is 0 Å². The third-order valence-electron chi connectivity index (χ3n) is 1.48. The van der Waals surface area contributed by atoms with Crippen LogP contribution in [0.4, 0.5) is 0 Å². The zero-order chi connectivity index (χ0) is 9.94. The monoisotopic (exact) mass is 184 g/mol. The third-order valence-corrected chi connectivity index (χ3v) is 1.48. The van der Waals surface area contributed by atoms with Crippen LogP contribution in [0.25, 0.3) is 0 Å².